The first-order valence-electron chi connectivity index (χ1n) is 6.49. The van der Waals surface area contributed by atoms with Crippen LogP contribution in [0, 0.1) is 0 Å². The van der Waals surface area contributed by atoms with Gasteiger partial charge in [-0.3, -0.25) is 0 Å². The van der Waals surface area contributed by atoms with Gasteiger partial charge >= 0.3 is 0 Å². The van der Waals surface area contributed by atoms with E-state index in [0.717, 1.165) is 18.8 Å². The van der Waals surface area contributed by atoms with Crippen molar-refractivity contribution in [1.82, 2.24) is 0 Å². The van der Waals surface area contributed by atoms with E-state index in [-0.39, 0.29) is 0 Å². The highest BCUT2D eigenvalue weighted by atomic mass is 32.2. The molecule has 96 valence electrons. The second kappa shape index (κ2) is 6.69. The fourth-order valence-electron chi connectivity index (χ4n) is 1.88. The van der Waals surface area contributed by atoms with Crippen molar-refractivity contribution in [3.05, 3.63) is 42.5 Å². The van der Waals surface area contributed by atoms with Crippen LogP contribution in [0.15, 0.2) is 42.5 Å². The van der Waals surface area contributed by atoms with Gasteiger partial charge in [-0.05, 0) is 28.9 Å². The minimum absolute atomic E-state index is 0.711. The molecule has 0 aliphatic carbocycles. The average Bonchev–Trinajstić information content (AvgIpc) is 2.38. The summed E-state index contributed by atoms with van der Waals surface area (Å²) in [6, 6.07) is 14.6. The van der Waals surface area contributed by atoms with Crippen LogP contribution in [0.1, 0.15) is 20.3 Å². The summed E-state index contributed by atoms with van der Waals surface area (Å²) < 4.78 is 5.89. The van der Waals surface area contributed by atoms with Gasteiger partial charge in [-0.1, -0.05) is 50.2 Å². The molecule has 2 aromatic carbocycles. The summed E-state index contributed by atoms with van der Waals surface area (Å²) in [7, 11) is 0. The zero-order valence-corrected chi connectivity index (χ0v) is 11.9. The van der Waals surface area contributed by atoms with Crippen LogP contribution >= 0.6 is 11.8 Å². The van der Waals surface area contributed by atoms with Gasteiger partial charge in [0, 0.05) is 5.39 Å². The maximum Gasteiger partial charge on any atom is 0.127 e. The number of hydrogen-bond donors (Lipinski definition) is 0. The van der Waals surface area contributed by atoms with Gasteiger partial charge in [-0.2, -0.15) is 11.8 Å². The lowest BCUT2D eigenvalue weighted by Crippen LogP contribution is -2.00. The van der Waals surface area contributed by atoms with Crippen molar-refractivity contribution in [3.8, 4) is 5.75 Å². The molecule has 0 bridgehead atoms. The molecule has 0 aliphatic heterocycles. The van der Waals surface area contributed by atoms with Crippen molar-refractivity contribution >= 4 is 22.5 Å². The Morgan fingerprint density at radius 3 is 2.67 bits per heavy atom. The standard InChI is InChI=1S/C16H20OS/c1-13(2)18-12-6-11-17-16-10-5-8-14-7-3-4-9-15(14)16/h3-5,7-10,13H,6,11-12H2,1-2H3. The van der Waals surface area contributed by atoms with Crippen LogP contribution in [0.3, 0.4) is 0 Å². The number of fused-ring (bicyclic) bond motifs is 1. The fourth-order valence-corrected chi connectivity index (χ4v) is 2.64. The Balaban J connectivity index is 1.91. The van der Waals surface area contributed by atoms with Gasteiger partial charge in [0.05, 0.1) is 6.61 Å². The van der Waals surface area contributed by atoms with Crippen molar-refractivity contribution in [3.63, 3.8) is 0 Å². The normalized spacial score (nSPS) is 11.1. The van der Waals surface area contributed by atoms with E-state index in [9.17, 15) is 0 Å². The molecular formula is C16H20OS. The van der Waals surface area contributed by atoms with Crippen LogP contribution in [-0.2, 0) is 0 Å². The lowest BCUT2D eigenvalue weighted by atomic mass is 10.1. The lowest BCUT2D eigenvalue weighted by Gasteiger charge is -2.09. The van der Waals surface area contributed by atoms with Crippen LogP contribution < -0.4 is 4.74 Å². The monoisotopic (exact) mass is 260 g/mol. The van der Waals surface area contributed by atoms with E-state index >= 15 is 0 Å². The minimum atomic E-state index is 0.711. The summed E-state index contributed by atoms with van der Waals surface area (Å²) in [5.74, 6) is 2.17. The zero-order valence-electron chi connectivity index (χ0n) is 11.1. The number of rotatable bonds is 6. The Morgan fingerprint density at radius 1 is 1.06 bits per heavy atom. The van der Waals surface area contributed by atoms with Crippen LogP contribution in [-0.4, -0.2) is 17.6 Å². The SMILES string of the molecule is CC(C)SCCCOc1cccc2ccccc12. The first-order chi connectivity index (χ1) is 8.77. The largest absolute Gasteiger partial charge is 0.493 e. The van der Waals surface area contributed by atoms with Gasteiger partial charge < -0.3 is 4.74 Å². The molecule has 1 nitrogen and oxygen atoms in total. The summed E-state index contributed by atoms with van der Waals surface area (Å²) in [5, 5.41) is 3.16. The lowest BCUT2D eigenvalue weighted by molar-refractivity contribution is 0.322. The third kappa shape index (κ3) is 3.67. The summed E-state index contributed by atoms with van der Waals surface area (Å²) in [5.41, 5.74) is 0. The second-order valence-electron chi connectivity index (χ2n) is 4.60. The van der Waals surface area contributed by atoms with Crippen molar-refractivity contribution in [2.24, 2.45) is 0 Å². The first kappa shape index (κ1) is 13.3. The zero-order chi connectivity index (χ0) is 12.8. The maximum absolute atomic E-state index is 5.89. The Kier molecular flexibility index (Phi) is 4.94. The van der Waals surface area contributed by atoms with Crippen LogP contribution in [0.5, 0.6) is 5.75 Å². The Labute approximate surface area is 114 Å². The topological polar surface area (TPSA) is 9.23 Å². The summed E-state index contributed by atoms with van der Waals surface area (Å²) >= 11 is 1.99. The predicted molar refractivity (Wildman–Crippen MR) is 81.7 cm³/mol. The molecule has 0 spiro atoms. The van der Waals surface area contributed by atoms with Crippen molar-refractivity contribution in [2.45, 2.75) is 25.5 Å². The average molecular weight is 260 g/mol. The highest BCUT2D eigenvalue weighted by molar-refractivity contribution is 7.99. The molecule has 0 aromatic heterocycles. The van der Waals surface area contributed by atoms with Gasteiger partial charge in [0.1, 0.15) is 5.75 Å². The van der Waals surface area contributed by atoms with Crippen LogP contribution in [0.4, 0.5) is 0 Å². The molecular weight excluding hydrogens is 240 g/mol. The fraction of sp³-hybridized carbons (Fsp3) is 0.375. The Morgan fingerprint density at radius 2 is 1.83 bits per heavy atom. The highest BCUT2D eigenvalue weighted by Crippen LogP contribution is 2.25. The number of thioether (sulfide) groups is 1. The summed E-state index contributed by atoms with van der Waals surface area (Å²) in [4.78, 5) is 0. The van der Waals surface area contributed by atoms with E-state index in [1.54, 1.807) is 0 Å². The molecule has 0 aliphatic rings. The van der Waals surface area contributed by atoms with Crippen LogP contribution in [0.2, 0.25) is 0 Å². The quantitative estimate of drug-likeness (QED) is 0.693. The van der Waals surface area contributed by atoms with Crippen LogP contribution in [0.25, 0.3) is 10.8 Å². The highest BCUT2D eigenvalue weighted by Gasteiger charge is 2.01. The van der Waals surface area contributed by atoms with Gasteiger partial charge in [0.25, 0.3) is 0 Å². The predicted octanol–water partition coefficient (Wildman–Crippen LogP) is 4.75. The second-order valence-corrected chi connectivity index (χ2v) is 6.28. The summed E-state index contributed by atoms with van der Waals surface area (Å²) in [6.45, 7) is 5.26. The van der Waals surface area contributed by atoms with Gasteiger partial charge in [-0.25, -0.2) is 0 Å². The van der Waals surface area contributed by atoms with E-state index in [1.165, 1.54) is 16.5 Å². The molecule has 0 fully saturated rings. The molecule has 0 N–H and O–H groups in total. The Bertz CT molecular complexity index is 488. The molecule has 0 saturated carbocycles. The smallest absolute Gasteiger partial charge is 0.127 e. The Hall–Kier alpha value is -1.15. The van der Waals surface area contributed by atoms with Gasteiger partial charge in [-0.15, -0.1) is 0 Å². The van der Waals surface area contributed by atoms with Crippen molar-refractivity contribution in [1.29, 1.82) is 0 Å². The van der Waals surface area contributed by atoms with E-state index in [0.29, 0.717) is 5.25 Å². The molecule has 18 heavy (non-hydrogen) atoms. The molecule has 2 rings (SSSR count). The summed E-state index contributed by atoms with van der Waals surface area (Å²) in [6.07, 6.45) is 1.10. The van der Waals surface area contributed by atoms with E-state index < -0.39 is 0 Å². The maximum atomic E-state index is 5.89. The molecule has 2 heteroatoms. The number of hydrogen-bond acceptors (Lipinski definition) is 2. The van der Waals surface area contributed by atoms with Gasteiger partial charge in [0.15, 0.2) is 0 Å². The van der Waals surface area contributed by atoms with Crippen molar-refractivity contribution < 1.29 is 4.74 Å². The number of ether oxygens (including phenoxy) is 1. The number of benzene rings is 2. The molecule has 0 saturated heterocycles. The molecule has 0 amide bonds. The van der Waals surface area contributed by atoms with Gasteiger partial charge in [0.2, 0.25) is 0 Å². The van der Waals surface area contributed by atoms with E-state index in [4.69, 9.17) is 4.74 Å². The van der Waals surface area contributed by atoms with E-state index in [1.807, 2.05) is 11.8 Å². The molecule has 0 unspecified atom stereocenters. The first-order valence-corrected chi connectivity index (χ1v) is 7.54. The molecule has 0 heterocycles. The molecule has 0 radical (unpaired) electrons. The minimum Gasteiger partial charge on any atom is -0.493 e. The van der Waals surface area contributed by atoms with Crippen molar-refractivity contribution in [2.75, 3.05) is 12.4 Å². The molecule has 2 aromatic rings. The third-order valence-corrected chi connectivity index (χ3v) is 3.94. The molecule has 0 atom stereocenters. The third-order valence-electron chi connectivity index (χ3n) is 2.75. The van der Waals surface area contributed by atoms with E-state index in [2.05, 4.69) is 56.3 Å².